The van der Waals surface area contributed by atoms with Gasteiger partial charge in [-0.15, -0.1) is 0 Å². The fraction of sp³-hybridized carbons (Fsp3) is 0.824. The van der Waals surface area contributed by atoms with Crippen LogP contribution in [0.25, 0.3) is 0 Å². The highest BCUT2D eigenvalue weighted by Gasteiger charge is 2.45. The van der Waals surface area contributed by atoms with Gasteiger partial charge in [-0.05, 0) is 51.5 Å². The molecular formula is C17H29N3O. The van der Waals surface area contributed by atoms with Gasteiger partial charge in [0.15, 0.2) is 0 Å². The lowest BCUT2D eigenvalue weighted by atomic mass is 9.84. The van der Waals surface area contributed by atoms with E-state index in [0.29, 0.717) is 0 Å². The molecule has 21 heavy (non-hydrogen) atoms. The van der Waals surface area contributed by atoms with Gasteiger partial charge >= 0.3 is 0 Å². The second-order valence-corrected chi connectivity index (χ2v) is 7.01. The molecular weight excluding hydrogens is 262 g/mol. The van der Waals surface area contributed by atoms with E-state index in [1.54, 1.807) is 0 Å². The van der Waals surface area contributed by atoms with E-state index in [9.17, 15) is 4.79 Å². The Hall–Kier alpha value is -0.870. The van der Waals surface area contributed by atoms with Crippen molar-refractivity contribution in [2.75, 3.05) is 39.8 Å². The third-order valence-corrected chi connectivity index (χ3v) is 5.69. The lowest BCUT2D eigenvalue weighted by molar-refractivity contribution is -0.134. The maximum absolute atomic E-state index is 12.5. The Balaban J connectivity index is 1.58. The van der Waals surface area contributed by atoms with Gasteiger partial charge in [-0.3, -0.25) is 9.69 Å². The van der Waals surface area contributed by atoms with Gasteiger partial charge in [-0.1, -0.05) is 12.2 Å². The molecule has 2 heterocycles. The van der Waals surface area contributed by atoms with E-state index in [4.69, 9.17) is 0 Å². The van der Waals surface area contributed by atoms with Crippen LogP contribution in [0.3, 0.4) is 0 Å². The summed E-state index contributed by atoms with van der Waals surface area (Å²) in [7, 11) is 2.13. The first kappa shape index (κ1) is 15.0. The number of amides is 1. The molecule has 3 rings (SSSR count). The summed E-state index contributed by atoms with van der Waals surface area (Å²) >= 11 is 0. The number of allylic oxidation sites excluding steroid dienone is 2. The molecule has 1 amide bonds. The number of piperidine rings is 1. The van der Waals surface area contributed by atoms with Crippen LogP contribution in [-0.4, -0.2) is 61.0 Å². The smallest absolute Gasteiger partial charge is 0.240 e. The average molecular weight is 291 g/mol. The van der Waals surface area contributed by atoms with Gasteiger partial charge in [0.1, 0.15) is 5.54 Å². The van der Waals surface area contributed by atoms with Gasteiger partial charge in [0.2, 0.25) is 5.91 Å². The van der Waals surface area contributed by atoms with E-state index in [1.165, 1.54) is 25.8 Å². The molecule has 0 saturated carbocycles. The molecule has 0 radical (unpaired) electrons. The summed E-state index contributed by atoms with van der Waals surface area (Å²) in [5.74, 6) is 1.09. The van der Waals surface area contributed by atoms with Crippen LogP contribution in [0.4, 0.5) is 0 Å². The molecule has 1 unspecified atom stereocenters. The van der Waals surface area contributed by atoms with Crippen molar-refractivity contribution < 1.29 is 4.79 Å². The zero-order valence-corrected chi connectivity index (χ0v) is 13.3. The molecule has 118 valence electrons. The number of carbonyl (C=O) groups is 1. The Morgan fingerprint density at radius 3 is 2.81 bits per heavy atom. The van der Waals surface area contributed by atoms with Crippen molar-refractivity contribution in [2.24, 2.45) is 5.92 Å². The van der Waals surface area contributed by atoms with E-state index < -0.39 is 0 Å². The minimum atomic E-state index is -0.237. The minimum absolute atomic E-state index is 0.237. The normalized spacial score (nSPS) is 31.1. The lowest BCUT2D eigenvalue weighted by Gasteiger charge is -2.45. The molecule has 2 saturated heterocycles. The molecule has 3 aliphatic rings. The van der Waals surface area contributed by atoms with E-state index in [2.05, 4.69) is 34.3 Å². The summed E-state index contributed by atoms with van der Waals surface area (Å²) in [6.07, 6.45) is 11.5. The van der Waals surface area contributed by atoms with Crippen molar-refractivity contribution >= 4 is 5.91 Å². The third-order valence-electron chi connectivity index (χ3n) is 5.69. The Kier molecular flexibility index (Phi) is 4.65. The number of hydrogen-bond donors (Lipinski definition) is 1. The maximum atomic E-state index is 12.5. The quantitative estimate of drug-likeness (QED) is 0.786. The molecule has 1 N–H and O–H groups in total. The van der Waals surface area contributed by atoms with Gasteiger partial charge in [0, 0.05) is 32.7 Å². The second kappa shape index (κ2) is 6.49. The first-order valence-corrected chi connectivity index (χ1v) is 8.58. The van der Waals surface area contributed by atoms with Crippen LogP contribution >= 0.6 is 0 Å². The van der Waals surface area contributed by atoms with Crippen molar-refractivity contribution in [2.45, 2.75) is 44.1 Å². The molecule has 4 heteroatoms. The molecule has 0 aromatic rings. The molecule has 4 nitrogen and oxygen atoms in total. The highest BCUT2D eigenvalue weighted by Crippen LogP contribution is 2.31. The van der Waals surface area contributed by atoms with E-state index in [0.717, 1.165) is 51.4 Å². The molecule has 0 bridgehead atoms. The Morgan fingerprint density at radius 1 is 1.29 bits per heavy atom. The van der Waals surface area contributed by atoms with Crippen LogP contribution in [0.1, 0.15) is 38.5 Å². The van der Waals surface area contributed by atoms with Crippen molar-refractivity contribution in [1.82, 2.24) is 15.1 Å². The first-order valence-electron chi connectivity index (χ1n) is 8.58. The number of likely N-dealkylation sites (N-methyl/N-ethyl adjacent to an activating group) is 1. The molecule has 2 fully saturated rings. The predicted molar refractivity (Wildman–Crippen MR) is 85.1 cm³/mol. The highest BCUT2D eigenvalue weighted by atomic mass is 16.2. The molecule has 2 aliphatic heterocycles. The fourth-order valence-corrected chi connectivity index (χ4v) is 4.17. The summed E-state index contributed by atoms with van der Waals surface area (Å²) in [6.45, 7) is 5.22. The summed E-state index contributed by atoms with van der Waals surface area (Å²) in [5.41, 5.74) is -0.237. The van der Waals surface area contributed by atoms with Crippen LogP contribution in [0.15, 0.2) is 12.2 Å². The largest absolute Gasteiger partial charge is 0.354 e. The van der Waals surface area contributed by atoms with Crippen LogP contribution in [0, 0.1) is 5.92 Å². The van der Waals surface area contributed by atoms with Gasteiger partial charge in [0.25, 0.3) is 0 Å². The SMILES string of the molecule is CN1CCCNC(=O)C12CCN(CC1CC=CCC1)CC2. The van der Waals surface area contributed by atoms with Crippen molar-refractivity contribution in [1.29, 1.82) is 0 Å². The number of carbonyl (C=O) groups excluding carboxylic acids is 1. The van der Waals surface area contributed by atoms with E-state index in [1.807, 2.05) is 0 Å². The zero-order chi connectivity index (χ0) is 14.7. The van der Waals surface area contributed by atoms with E-state index in [-0.39, 0.29) is 11.4 Å². The molecule has 1 aliphatic carbocycles. The molecule has 0 aromatic carbocycles. The average Bonchev–Trinajstić information content (AvgIpc) is 2.65. The van der Waals surface area contributed by atoms with Gasteiger partial charge in [-0.2, -0.15) is 0 Å². The summed E-state index contributed by atoms with van der Waals surface area (Å²) < 4.78 is 0. The second-order valence-electron chi connectivity index (χ2n) is 7.01. The van der Waals surface area contributed by atoms with Crippen LogP contribution < -0.4 is 5.32 Å². The fourth-order valence-electron chi connectivity index (χ4n) is 4.17. The maximum Gasteiger partial charge on any atom is 0.240 e. The number of hydrogen-bond acceptors (Lipinski definition) is 3. The molecule has 1 spiro atoms. The Morgan fingerprint density at radius 2 is 2.10 bits per heavy atom. The summed E-state index contributed by atoms with van der Waals surface area (Å²) in [5, 5.41) is 3.12. The standard InChI is InChI=1S/C17H29N3O/c1-19-11-5-10-18-16(21)17(19)8-12-20(13-9-17)14-15-6-3-2-4-7-15/h2-3,15H,4-14H2,1H3,(H,18,21). The first-order chi connectivity index (χ1) is 10.2. The molecule has 1 atom stereocenters. The van der Waals surface area contributed by atoms with Gasteiger partial charge in [-0.25, -0.2) is 0 Å². The van der Waals surface area contributed by atoms with E-state index >= 15 is 0 Å². The zero-order valence-electron chi connectivity index (χ0n) is 13.3. The van der Waals surface area contributed by atoms with Crippen LogP contribution in [-0.2, 0) is 4.79 Å². The van der Waals surface area contributed by atoms with Gasteiger partial charge in [0.05, 0.1) is 0 Å². The minimum Gasteiger partial charge on any atom is -0.354 e. The van der Waals surface area contributed by atoms with Crippen molar-refractivity contribution in [3.8, 4) is 0 Å². The Bertz CT molecular complexity index is 399. The summed E-state index contributed by atoms with van der Waals surface area (Å²) in [6, 6.07) is 0. The number of rotatable bonds is 2. The molecule has 0 aromatic heterocycles. The monoisotopic (exact) mass is 291 g/mol. The highest BCUT2D eigenvalue weighted by molar-refractivity contribution is 5.86. The predicted octanol–water partition coefficient (Wildman–Crippen LogP) is 1.63. The number of nitrogens with one attached hydrogen (secondary N) is 1. The van der Waals surface area contributed by atoms with Crippen LogP contribution in [0.2, 0.25) is 0 Å². The van der Waals surface area contributed by atoms with Crippen LogP contribution in [0.5, 0.6) is 0 Å². The Labute approximate surface area is 128 Å². The number of likely N-dealkylation sites (tertiary alicyclic amines) is 1. The number of nitrogens with zero attached hydrogens (tertiary/aromatic N) is 2. The third kappa shape index (κ3) is 3.16. The topological polar surface area (TPSA) is 35.6 Å². The summed E-state index contributed by atoms with van der Waals surface area (Å²) in [4.78, 5) is 17.4. The van der Waals surface area contributed by atoms with Crippen molar-refractivity contribution in [3.63, 3.8) is 0 Å². The lowest BCUT2D eigenvalue weighted by Crippen LogP contribution is -2.61. The van der Waals surface area contributed by atoms with Crippen molar-refractivity contribution in [3.05, 3.63) is 12.2 Å². The van der Waals surface area contributed by atoms with Gasteiger partial charge < -0.3 is 10.2 Å².